The molecule has 26 heavy (non-hydrogen) atoms. The molecule has 1 saturated heterocycles. The highest BCUT2D eigenvalue weighted by atomic mass is 16.5. The van der Waals surface area contributed by atoms with Gasteiger partial charge >= 0.3 is 6.03 Å². The first-order valence-corrected chi connectivity index (χ1v) is 9.02. The Balaban J connectivity index is 1.58. The number of pyridine rings is 1. The van der Waals surface area contributed by atoms with Crippen molar-refractivity contribution in [3.8, 4) is 11.6 Å². The highest BCUT2D eigenvalue weighted by molar-refractivity contribution is 5.89. The molecule has 1 fully saturated rings. The Morgan fingerprint density at radius 1 is 1.23 bits per heavy atom. The third kappa shape index (κ3) is 4.95. The molecule has 1 aliphatic heterocycles. The Bertz CT molecular complexity index is 691. The van der Waals surface area contributed by atoms with Gasteiger partial charge in [0, 0.05) is 32.4 Å². The van der Waals surface area contributed by atoms with Crippen LogP contribution in [0.4, 0.5) is 10.5 Å². The van der Waals surface area contributed by atoms with E-state index in [4.69, 9.17) is 9.47 Å². The van der Waals surface area contributed by atoms with E-state index in [0.29, 0.717) is 18.2 Å². The number of hydrogen-bond donors (Lipinski definition) is 1. The number of ether oxygens (including phenoxy) is 2. The maximum Gasteiger partial charge on any atom is 0.322 e. The summed E-state index contributed by atoms with van der Waals surface area (Å²) >= 11 is 0. The van der Waals surface area contributed by atoms with Gasteiger partial charge in [-0.25, -0.2) is 9.78 Å². The molecule has 1 aromatic carbocycles. The van der Waals surface area contributed by atoms with Crippen LogP contribution in [0.15, 0.2) is 48.7 Å². The summed E-state index contributed by atoms with van der Waals surface area (Å²) in [5.41, 5.74) is 0.659. The molecule has 0 radical (unpaired) electrons. The van der Waals surface area contributed by atoms with E-state index in [0.717, 1.165) is 38.0 Å². The summed E-state index contributed by atoms with van der Waals surface area (Å²) in [4.78, 5) is 18.8. The second kappa shape index (κ2) is 9.20. The summed E-state index contributed by atoms with van der Waals surface area (Å²) in [6.07, 6.45) is 5.71. The van der Waals surface area contributed by atoms with E-state index in [1.165, 1.54) is 0 Å². The van der Waals surface area contributed by atoms with E-state index in [9.17, 15) is 4.79 Å². The van der Waals surface area contributed by atoms with Crippen molar-refractivity contribution in [3.05, 3.63) is 48.7 Å². The monoisotopic (exact) mass is 355 g/mol. The zero-order chi connectivity index (χ0) is 18.2. The third-order valence-electron chi connectivity index (χ3n) is 4.50. The van der Waals surface area contributed by atoms with Crippen molar-refractivity contribution >= 4 is 11.7 Å². The largest absolute Gasteiger partial charge is 0.439 e. The Kier molecular flexibility index (Phi) is 6.44. The normalized spacial score (nSPS) is 17.0. The first-order chi connectivity index (χ1) is 12.8. The number of para-hydroxylation sites is 1. The van der Waals surface area contributed by atoms with E-state index < -0.39 is 0 Å². The molecule has 2 amide bonds. The van der Waals surface area contributed by atoms with Crippen LogP contribution in [-0.4, -0.2) is 42.2 Å². The number of benzene rings is 1. The number of nitrogens with one attached hydrogen (secondary N) is 1. The van der Waals surface area contributed by atoms with Gasteiger partial charge in [-0.2, -0.15) is 0 Å². The van der Waals surface area contributed by atoms with Crippen molar-refractivity contribution < 1.29 is 14.3 Å². The van der Waals surface area contributed by atoms with E-state index in [-0.39, 0.29) is 12.1 Å². The Labute approximate surface area is 154 Å². The summed E-state index contributed by atoms with van der Waals surface area (Å²) in [6, 6.07) is 13.2. The number of methoxy groups -OCH3 is 1. The van der Waals surface area contributed by atoms with Crippen molar-refractivity contribution in [1.29, 1.82) is 0 Å². The minimum absolute atomic E-state index is 0.0793. The summed E-state index contributed by atoms with van der Waals surface area (Å²) in [6.45, 7) is 1.45. The highest BCUT2D eigenvalue weighted by Crippen LogP contribution is 2.22. The first-order valence-electron chi connectivity index (χ1n) is 9.02. The molecule has 2 heterocycles. The fourth-order valence-corrected chi connectivity index (χ4v) is 3.14. The summed E-state index contributed by atoms with van der Waals surface area (Å²) in [5.74, 6) is 1.22. The summed E-state index contributed by atoms with van der Waals surface area (Å²) in [5, 5.41) is 2.94. The van der Waals surface area contributed by atoms with Gasteiger partial charge in [0.05, 0.1) is 11.9 Å². The zero-order valence-corrected chi connectivity index (χ0v) is 15.1. The predicted octanol–water partition coefficient (Wildman–Crippen LogP) is 4.30. The number of aromatic nitrogens is 1. The van der Waals surface area contributed by atoms with E-state index in [2.05, 4.69) is 10.3 Å². The van der Waals surface area contributed by atoms with Gasteiger partial charge in [-0.1, -0.05) is 18.2 Å². The quantitative estimate of drug-likeness (QED) is 0.839. The molecule has 138 valence electrons. The second-order valence-electron chi connectivity index (χ2n) is 6.35. The van der Waals surface area contributed by atoms with Crippen molar-refractivity contribution in [3.63, 3.8) is 0 Å². The predicted molar refractivity (Wildman–Crippen MR) is 101 cm³/mol. The number of amides is 2. The number of carbonyl (C=O) groups is 1. The lowest BCUT2D eigenvalue weighted by Crippen LogP contribution is -2.46. The molecular formula is C20H25N3O3. The van der Waals surface area contributed by atoms with Gasteiger partial charge in [0.2, 0.25) is 5.88 Å². The molecule has 2 aromatic rings. The topological polar surface area (TPSA) is 63.7 Å². The van der Waals surface area contributed by atoms with Crippen LogP contribution in [0.1, 0.15) is 25.7 Å². The van der Waals surface area contributed by atoms with Gasteiger partial charge in [0.15, 0.2) is 0 Å². The molecule has 0 spiro atoms. The summed E-state index contributed by atoms with van der Waals surface area (Å²) in [7, 11) is 1.69. The zero-order valence-electron chi connectivity index (χ0n) is 15.1. The average molecular weight is 355 g/mol. The number of hydrogen-bond acceptors (Lipinski definition) is 4. The standard InChI is InChI=1S/C20H25N3O3/c1-25-14-12-17-7-5-6-13-23(17)20(24)22-16-10-11-19(21-15-16)26-18-8-3-2-4-9-18/h2-4,8-11,15,17H,5-7,12-14H2,1H3,(H,22,24)/t17-/m0/s1. The Morgan fingerprint density at radius 3 is 2.81 bits per heavy atom. The van der Waals surface area contributed by atoms with Crippen LogP contribution in [0.3, 0.4) is 0 Å². The van der Waals surface area contributed by atoms with Crippen LogP contribution >= 0.6 is 0 Å². The maximum absolute atomic E-state index is 12.6. The van der Waals surface area contributed by atoms with Crippen LogP contribution in [0.25, 0.3) is 0 Å². The van der Waals surface area contributed by atoms with Crippen molar-refractivity contribution in [2.75, 3.05) is 25.6 Å². The third-order valence-corrected chi connectivity index (χ3v) is 4.50. The minimum Gasteiger partial charge on any atom is -0.439 e. The molecular weight excluding hydrogens is 330 g/mol. The molecule has 6 nitrogen and oxygen atoms in total. The van der Waals surface area contributed by atoms with Gasteiger partial charge in [0.25, 0.3) is 0 Å². The molecule has 1 aromatic heterocycles. The molecule has 0 bridgehead atoms. The van der Waals surface area contributed by atoms with Gasteiger partial charge < -0.3 is 19.7 Å². The lowest BCUT2D eigenvalue weighted by Gasteiger charge is -2.35. The molecule has 1 N–H and O–H groups in total. The number of anilines is 1. The van der Waals surface area contributed by atoms with Crippen molar-refractivity contribution in [2.45, 2.75) is 31.7 Å². The molecule has 6 heteroatoms. The van der Waals surface area contributed by atoms with Crippen LogP contribution in [0.5, 0.6) is 11.6 Å². The number of rotatable bonds is 6. The number of piperidine rings is 1. The van der Waals surface area contributed by atoms with Crippen molar-refractivity contribution in [2.24, 2.45) is 0 Å². The molecule has 3 rings (SSSR count). The Morgan fingerprint density at radius 2 is 2.08 bits per heavy atom. The molecule has 0 aliphatic carbocycles. The summed E-state index contributed by atoms with van der Waals surface area (Å²) < 4.78 is 10.8. The van der Waals surface area contributed by atoms with E-state index in [1.54, 1.807) is 25.4 Å². The first kappa shape index (κ1) is 18.2. The van der Waals surface area contributed by atoms with E-state index in [1.807, 2.05) is 35.2 Å². The van der Waals surface area contributed by atoms with E-state index >= 15 is 0 Å². The van der Waals surface area contributed by atoms with Crippen LogP contribution in [-0.2, 0) is 4.74 Å². The lowest BCUT2D eigenvalue weighted by molar-refractivity contribution is 0.123. The maximum atomic E-state index is 12.6. The number of urea groups is 1. The smallest absolute Gasteiger partial charge is 0.322 e. The Hall–Kier alpha value is -2.60. The lowest BCUT2D eigenvalue weighted by atomic mass is 10.00. The van der Waals surface area contributed by atoms with Crippen LogP contribution in [0, 0.1) is 0 Å². The average Bonchev–Trinajstić information content (AvgIpc) is 2.69. The fraction of sp³-hybridized carbons (Fsp3) is 0.400. The van der Waals surface area contributed by atoms with Gasteiger partial charge in [-0.15, -0.1) is 0 Å². The highest BCUT2D eigenvalue weighted by Gasteiger charge is 2.26. The van der Waals surface area contributed by atoms with Gasteiger partial charge in [-0.05, 0) is 43.9 Å². The van der Waals surface area contributed by atoms with Gasteiger partial charge in [-0.3, -0.25) is 0 Å². The minimum atomic E-state index is -0.0793. The SMILES string of the molecule is COCC[C@@H]1CCCCN1C(=O)Nc1ccc(Oc2ccccc2)nc1. The fourth-order valence-electron chi connectivity index (χ4n) is 3.14. The molecule has 1 aliphatic rings. The molecule has 1 atom stereocenters. The number of carbonyl (C=O) groups excluding carboxylic acids is 1. The second-order valence-corrected chi connectivity index (χ2v) is 6.35. The number of nitrogens with zero attached hydrogens (tertiary/aromatic N) is 2. The van der Waals surface area contributed by atoms with Crippen molar-refractivity contribution in [1.82, 2.24) is 9.88 Å². The van der Waals surface area contributed by atoms with Gasteiger partial charge in [0.1, 0.15) is 5.75 Å². The van der Waals surface area contributed by atoms with Crippen LogP contribution in [0.2, 0.25) is 0 Å². The molecule has 0 unspecified atom stereocenters. The molecule has 0 saturated carbocycles. The number of likely N-dealkylation sites (tertiary alicyclic amines) is 1. The van der Waals surface area contributed by atoms with Crippen LogP contribution < -0.4 is 10.1 Å².